The molecule has 1 atom stereocenters. The van der Waals surface area contributed by atoms with E-state index in [0.717, 1.165) is 0 Å². The van der Waals surface area contributed by atoms with Gasteiger partial charge in [0.2, 0.25) is 0 Å². The van der Waals surface area contributed by atoms with Gasteiger partial charge in [0, 0.05) is 24.6 Å². The van der Waals surface area contributed by atoms with Gasteiger partial charge in [-0.15, -0.1) is 0 Å². The Morgan fingerprint density at radius 3 is 2.11 bits per heavy atom. The highest BCUT2D eigenvalue weighted by Gasteiger charge is 2.27. The number of carboxylic acids is 1. The van der Waals surface area contributed by atoms with E-state index in [2.05, 4.69) is 0 Å². The Morgan fingerprint density at radius 1 is 1.21 bits per heavy atom. The lowest BCUT2D eigenvalue weighted by Crippen LogP contribution is -2.45. The summed E-state index contributed by atoms with van der Waals surface area (Å²) in [6.45, 7) is 1.64. The van der Waals surface area contributed by atoms with Crippen molar-refractivity contribution >= 4 is 5.97 Å². The van der Waals surface area contributed by atoms with E-state index in [9.17, 15) is 4.79 Å². The lowest BCUT2D eigenvalue weighted by molar-refractivity contribution is -0.143. The summed E-state index contributed by atoms with van der Waals surface area (Å²) in [5, 5.41) is 8.88. The van der Waals surface area contributed by atoms with Gasteiger partial charge in [-0.1, -0.05) is 0 Å². The zero-order chi connectivity index (χ0) is 14.5. The first-order chi connectivity index (χ1) is 8.89. The van der Waals surface area contributed by atoms with Crippen molar-refractivity contribution in [2.45, 2.75) is 18.9 Å². The minimum absolute atomic E-state index is 0.190. The molecule has 0 aromatic heterocycles. The largest absolute Gasteiger partial charge is 0.496 e. The molecule has 0 spiro atoms. The summed E-state index contributed by atoms with van der Waals surface area (Å²) in [6.07, 6.45) is 0.196. The van der Waals surface area contributed by atoms with E-state index in [1.165, 1.54) is 6.92 Å². The maximum Gasteiger partial charge on any atom is 0.323 e. The Bertz CT molecular complexity index is 422. The number of methoxy groups -OCH3 is 2. The Labute approximate surface area is 112 Å². The second-order valence-corrected chi connectivity index (χ2v) is 4.37. The maximum atomic E-state index is 10.8. The van der Waals surface area contributed by atoms with Gasteiger partial charge in [0.25, 0.3) is 0 Å². The van der Waals surface area contributed by atoms with E-state index in [4.69, 9.17) is 25.1 Å². The molecule has 3 N–H and O–H groups in total. The van der Waals surface area contributed by atoms with Gasteiger partial charge >= 0.3 is 5.97 Å². The fourth-order valence-corrected chi connectivity index (χ4v) is 1.35. The third-order valence-electron chi connectivity index (χ3n) is 2.70. The molecular weight excluding hydrogens is 250 g/mol. The lowest BCUT2D eigenvalue weighted by atomic mass is 10.0. The molecule has 0 fully saturated rings. The molecule has 6 nitrogen and oxygen atoms in total. The van der Waals surface area contributed by atoms with Crippen LogP contribution >= 0.6 is 0 Å². The molecule has 0 aliphatic rings. The highest BCUT2D eigenvalue weighted by atomic mass is 16.5. The quantitative estimate of drug-likeness (QED) is 0.774. The number of hydrogen-bond donors (Lipinski definition) is 2. The first-order valence-electron chi connectivity index (χ1n) is 5.77. The average molecular weight is 269 g/mol. The van der Waals surface area contributed by atoms with Crippen LogP contribution in [0.1, 0.15) is 13.3 Å². The van der Waals surface area contributed by atoms with Crippen LogP contribution in [0.5, 0.6) is 17.2 Å². The van der Waals surface area contributed by atoms with Gasteiger partial charge in [-0.3, -0.25) is 4.79 Å². The minimum Gasteiger partial charge on any atom is -0.496 e. The Hall–Kier alpha value is -1.95. The number of hydrogen-bond acceptors (Lipinski definition) is 5. The van der Waals surface area contributed by atoms with Crippen LogP contribution < -0.4 is 19.9 Å². The van der Waals surface area contributed by atoms with Crippen molar-refractivity contribution in [2.75, 3.05) is 20.8 Å². The summed E-state index contributed by atoms with van der Waals surface area (Å²) >= 11 is 0. The second kappa shape index (κ2) is 6.29. The molecule has 0 amide bonds. The van der Waals surface area contributed by atoms with Crippen LogP contribution in [0.3, 0.4) is 0 Å². The Kier molecular flexibility index (Phi) is 5.00. The lowest BCUT2D eigenvalue weighted by Gasteiger charge is -2.19. The zero-order valence-electron chi connectivity index (χ0n) is 11.3. The molecule has 0 aliphatic heterocycles. The van der Waals surface area contributed by atoms with Crippen molar-refractivity contribution in [1.82, 2.24) is 0 Å². The van der Waals surface area contributed by atoms with Gasteiger partial charge in [0.15, 0.2) is 0 Å². The third-order valence-corrected chi connectivity index (χ3v) is 2.70. The SMILES string of the molecule is COc1cc(OC)cc(OCCC(C)(N)C(=O)O)c1. The van der Waals surface area contributed by atoms with Gasteiger partial charge < -0.3 is 25.1 Å². The van der Waals surface area contributed by atoms with Crippen molar-refractivity contribution in [2.24, 2.45) is 5.73 Å². The number of ether oxygens (including phenoxy) is 3. The number of benzene rings is 1. The summed E-state index contributed by atoms with van der Waals surface area (Å²) < 4.78 is 15.7. The van der Waals surface area contributed by atoms with Gasteiger partial charge in [-0.05, 0) is 6.92 Å². The molecule has 0 heterocycles. The molecule has 1 rings (SSSR count). The normalized spacial score (nSPS) is 13.5. The topological polar surface area (TPSA) is 91.0 Å². The maximum absolute atomic E-state index is 10.8. The van der Waals surface area contributed by atoms with Crippen LogP contribution in [0.15, 0.2) is 18.2 Å². The minimum atomic E-state index is -1.30. The Balaban J connectivity index is 2.65. The van der Waals surface area contributed by atoms with Crippen LogP contribution in [0.2, 0.25) is 0 Å². The van der Waals surface area contributed by atoms with Crippen LogP contribution in [0.25, 0.3) is 0 Å². The zero-order valence-corrected chi connectivity index (χ0v) is 11.3. The molecule has 0 aliphatic carbocycles. The first kappa shape index (κ1) is 15.1. The van der Waals surface area contributed by atoms with E-state index in [-0.39, 0.29) is 13.0 Å². The van der Waals surface area contributed by atoms with Crippen molar-refractivity contribution in [1.29, 1.82) is 0 Å². The second-order valence-electron chi connectivity index (χ2n) is 4.37. The van der Waals surface area contributed by atoms with Gasteiger partial charge in [0.05, 0.1) is 20.8 Å². The average Bonchev–Trinajstić information content (AvgIpc) is 2.37. The summed E-state index contributed by atoms with van der Waals surface area (Å²) in [6, 6.07) is 5.10. The van der Waals surface area contributed by atoms with Gasteiger partial charge in [-0.25, -0.2) is 0 Å². The van der Waals surface area contributed by atoms with Crippen LogP contribution in [0.4, 0.5) is 0 Å². The van der Waals surface area contributed by atoms with E-state index in [1.807, 2.05) is 0 Å². The fourth-order valence-electron chi connectivity index (χ4n) is 1.35. The molecule has 19 heavy (non-hydrogen) atoms. The molecule has 0 saturated heterocycles. The van der Waals surface area contributed by atoms with Gasteiger partial charge in [0.1, 0.15) is 22.8 Å². The molecule has 1 unspecified atom stereocenters. The number of carbonyl (C=O) groups is 1. The van der Waals surface area contributed by atoms with Crippen molar-refractivity contribution in [3.05, 3.63) is 18.2 Å². The highest BCUT2D eigenvalue weighted by molar-refractivity contribution is 5.77. The molecule has 106 valence electrons. The van der Waals surface area contributed by atoms with E-state index in [1.54, 1.807) is 32.4 Å². The highest BCUT2D eigenvalue weighted by Crippen LogP contribution is 2.27. The summed E-state index contributed by atoms with van der Waals surface area (Å²) in [5.41, 5.74) is 4.30. The van der Waals surface area contributed by atoms with Crippen molar-refractivity contribution in [3.8, 4) is 17.2 Å². The molecule has 1 aromatic rings. The number of aliphatic carboxylic acids is 1. The molecule has 0 bridgehead atoms. The molecule has 0 saturated carbocycles. The fraction of sp³-hybridized carbons (Fsp3) is 0.462. The molecule has 0 radical (unpaired) electrons. The molecule has 6 heteroatoms. The van der Waals surface area contributed by atoms with Crippen LogP contribution in [-0.2, 0) is 4.79 Å². The molecular formula is C13H19NO5. The third kappa shape index (κ3) is 4.33. The predicted octanol–water partition coefficient (Wildman–Crippen LogP) is 1.27. The number of carboxylic acid groups (broad SMARTS) is 1. The van der Waals surface area contributed by atoms with Crippen molar-refractivity contribution < 1.29 is 24.1 Å². The van der Waals surface area contributed by atoms with E-state index < -0.39 is 11.5 Å². The van der Waals surface area contributed by atoms with Crippen LogP contribution in [0, 0.1) is 0 Å². The molecule has 1 aromatic carbocycles. The number of nitrogens with two attached hydrogens (primary N) is 1. The Morgan fingerprint density at radius 2 is 1.68 bits per heavy atom. The summed E-state index contributed by atoms with van der Waals surface area (Å²) in [7, 11) is 3.08. The van der Waals surface area contributed by atoms with Crippen LogP contribution in [-0.4, -0.2) is 37.4 Å². The van der Waals surface area contributed by atoms with E-state index >= 15 is 0 Å². The summed E-state index contributed by atoms with van der Waals surface area (Å²) in [5.74, 6) is 0.683. The predicted molar refractivity (Wildman–Crippen MR) is 69.9 cm³/mol. The van der Waals surface area contributed by atoms with Gasteiger partial charge in [-0.2, -0.15) is 0 Å². The first-order valence-corrected chi connectivity index (χ1v) is 5.77. The van der Waals surface area contributed by atoms with E-state index in [0.29, 0.717) is 17.2 Å². The number of rotatable bonds is 7. The standard InChI is InChI=1S/C13H19NO5/c1-13(14,12(15)16)4-5-19-11-7-9(17-2)6-10(8-11)18-3/h6-8H,4-5,14H2,1-3H3,(H,15,16). The summed E-state index contributed by atoms with van der Waals surface area (Å²) in [4.78, 5) is 10.8. The monoisotopic (exact) mass is 269 g/mol. The smallest absolute Gasteiger partial charge is 0.323 e. The van der Waals surface area contributed by atoms with Crippen molar-refractivity contribution in [3.63, 3.8) is 0 Å².